The molecular weight excluding hydrogens is 244 g/mol. The number of rotatable bonds is 7. The van der Waals surface area contributed by atoms with Crippen molar-refractivity contribution in [2.24, 2.45) is 5.73 Å². The van der Waals surface area contributed by atoms with Crippen molar-refractivity contribution in [3.05, 3.63) is 35.4 Å². The fourth-order valence-corrected chi connectivity index (χ4v) is 2.05. The normalized spacial score (nSPS) is 12.2. The van der Waals surface area contributed by atoms with Crippen LogP contribution in [-0.4, -0.2) is 24.0 Å². The van der Waals surface area contributed by atoms with Crippen LogP contribution in [0.25, 0.3) is 0 Å². The summed E-state index contributed by atoms with van der Waals surface area (Å²) in [6.45, 7) is 3.39. The third kappa shape index (κ3) is 5.10. The molecule has 1 unspecified atom stereocenters. The Balaban J connectivity index is 2.40. The molecule has 1 amide bonds. The van der Waals surface area contributed by atoms with Crippen LogP contribution in [-0.2, 0) is 17.8 Å². The summed E-state index contributed by atoms with van der Waals surface area (Å²) in [5.74, 6) is 0.0733. The topological polar surface area (TPSA) is 55.1 Å². The molecule has 0 aliphatic rings. The van der Waals surface area contributed by atoms with E-state index >= 15 is 0 Å². The molecule has 0 heterocycles. The molecule has 0 saturated heterocycles. The van der Waals surface area contributed by atoms with Crippen LogP contribution in [0, 0.1) is 0 Å². The summed E-state index contributed by atoms with van der Waals surface area (Å²) in [4.78, 5) is 11.8. The van der Waals surface area contributed by atoms with Crippen LogP contribution < -0.4 is 11.1 Å². The average Bonchev–Trinajstić information content (AvgIpc) is 2.39. The van der Waals surface area contributed by atoms with E-state index in [1.807, 2.05) is 36.0 Å². The largest absolute Gasteiger partial charge is 0.356 e. The predicted octanol–water partition coefficient (Wildman–Crippen LogP) is 1.95. The quantitative estimate of drug-likeness (QED) is 0.793. The molecule has 0 aliphatic carbocycles. The lowest BCUT2D eigenvalue weighted by molar-refractivity contribution is -0.120. The van der Waals surface area contributed by atoms with Gasteiger partial charge in [0.1, 0.15) is 0 Å². The van der Waals surface area contributed by atoms with Crippen molar-refractivity contribution in [2.75, 3.05) is 12.8 Å². The van der Waals surface area contributed by atoms with E-state index in [1.165, 1.54) is 0 Å². The van der Waals surface area contributed by atoms with Gasteiger partial charge in [-0.1, -0.05) is 31.2 Å². The first kappa shape index (κ1) is 15.1. The minimum absolute atomic E-state index is 0.0733. The van der Waals surface area contributed by atoms with Gasteiger partial charge in [-0.25, -0.2) is 0 Å². The van der Waals surface area contributed by atoms with Gasteiger partial charge < -0.3 is 11.1 Å². The SMILES string of the molecule is CSC(C)CCNC(=O)Cc1ccccc1CN. The smallest absolute Gasteiger partial charge is 0.224 e. The summed E-state index contributed by atoms with van der Waals surface area (Å²) in [5.41, 5.74) is 7.72. The van der Waals surface area contributed by atoms with Crippen LogP contribution in [0.1, 0.15) is 24.5 Å². The van der Waals surface area contributed by atoms with Crippen LogP contribution in [0.4, 0.5) is 0 Å². The van der Waals surface area contributed by atoms with Crippen molar-refractivity contribution in [2.45, 2.75) is 31.6 Å². The molecule has 0 aliphatic heterocycles. The van der Waals surface area contributed by atoms with Crippen molar-refractivity contribution in [1.29, 1.82) is 0 Å². The number of carbonyl (C=O) groups excluding carboxylic acids is 1. The standard InChI is InChI=1S/C14H22N2OS/c1-11(18-2)7-8-16-14(17)9-12-5-3-4-6-13(12)10-15/h3-6,11H,7-10,15H2,1-2H3,(H,16,17). The van der Waals surface area contributed by atoms with Crippen LogP contribution in [0.3, 0.4) is 0 Å². The highest BCUT2D eigenvalue weighted by Crippen LogP contribution is 2.10. The summed E-state index contributed by atoms with van der Waals surface area (Å²) in [6.07, 6.45) is 3.51. The first-order chi connectivity index (χ1) is 8.67. The highest BCUT2D eigenvalue weighted by atomic mass is 32.2. The van der Waals surface area contributed by atoms with E-state index in [0.717, 1.165) is 24.1 Å². The first-order valence-electron chi connectivity index (χ1n) is 6.23. The summed E-state index contributed by atoms with van der Waals surface area (Å²) in [5, 5.41) is 3.54. The van der Waals surface area contributed by atoms with Crippen LogP contribution >= 0.6 is 11.8 Å². The first-order valence-corrected chi connectivity index (χ1v) is 7.52. The number of benzene rings is 1. The Hall–Kier alpha value is -1.00. The van der Waals surface area contributed by atoms with Gasteiger partial charge >= 0.3 is 0 Å². The van der Waals surface area contributed by atoms with E-state index in [-0.39, 0.29) is 5.91 Å². The van der Waals surface area contributed by atoms with Crippen molar-refractivity contribution in [1.82, 2.24) is 5.32 Å². The monoisotopic (exact) mass is 266 g/mol. The minimum Gasteiger partial charge on any atom is -0.356 e. The lowest BCUT2D eigenvalue weighted by atomic mass is 10.0. The molecule has 1 aromatic carbocycles. The van der Waals surface area contributed by atoms with Gasteiger partial charge in [0, 0.05) is 18.3 Å². The number of nitrogens with two attached hydrogens (primary N) is 1. The third-order valence-electron chi connectivity index (χ3n) is 2.96. The fourth-order valence-electron chi connectivity index (χ4n) is 1.70. The Bertz CT molecular complexity index is 382. The molecule has 0 saturated carbocycles. The van der Waals surface area contributed by atoms with Gasteiger partial charge in [-0.3, -0.25) is 4.79 Å². The summed E-state index contributed by atoms with van der Waals surface area (Å²) >= 11 is 1.82. The second kappa shape index (κ2) is 8.16. The van der Waals surface area contributed by atoms with E-state index in [1.54, 1.807) is 0 Å². The lowest BCUT2D eigenvalue weighted by Crippen LogP contribution is -2.27. The maximum atomic E-state index is 11.8. The summed E-state index contributed by atoms with van der Waals surface area (Å²) in [7, 11) is 0. The van der Waals surface area contributed by atoms with E-state index in [4.69, 9.17) is 5.73 Å². The Morgan fingerprint density at radius 3 is 2.67 bits per heavy atom. The molecule has 0 aromatic heterocycles. The minimum atomic E-state index is 0.0733. The van der Waals surface area contributed by atoms with E-state index in [9.17, 15) is 4.79 Å². The van der Waals surface area contributed by atoms with Gasteiger partial charge in [-0.05, 0) is 23.8 Å². The van der Waals surface area contributed by atoms with Crippen molar-refractivity contribution in [3.63, 3.8) is 0 Å². The van der Waals surface area contributed by atoms with E-state index in [2.05, 4.69) is 18.5 Å². The zero-order valence-corrected chi connectivity index (χ0v) is 11.9. The second-order valence-electron chi connectivity index (χ2n) is 4.33. The van der Waals surface area contributed by atoms with E-state index < -0.39 is 0 Å². The molecule has 1 aromatic rings. The molecule has 0 spiro atoms. The summed E-state index contributed by atoms with van der Waals surface area (Å²) in [6, 6.07) is 7.83. The number of hydrogen-bond donors (Lipinski definition) is 2. The number of nitrogens with one attached hydrogen (secondary N) is 1. The Labute approximate surface area is 114 Å². The molecule has 18 heavy (non-hydrogen) atoms. The Kier molecular flexibility index (Phi) is 6.83. The average molecular weight is 266 g/mol. The molecule has 0 radical (unpaired) electrons. The van der Waals surface area contributed by atoms with Gasteiger partial charge in [0.2, 0.25) is 5.91 Å². The molecule has 3 nitrogen and oxygen atoms in total. The Morgan fingerprint density at radius 1 is 1.39 bits per heavy atom. The highest BCUT2D eigenvalue weighted by Gasteiger charge is 2.07. The van der Waals surface area contributed by atoms with E-state index in [0.29, 0.717) is 18.2 Å². The zero-order chi connectivity index (χ0) is 13.4. The third-order valence-corrected chi connectivity index (χ3v) is 4.01. The predicted molar refractivity (Wildman–Crippen MR) is 78.6 cm³/mol. The van der Waals surface area contributed by atoms with Gasteiger partial charge in [-0.15, -0.1) is 0 Å². The molecule has 0 bridgehead atoms. The molecule has 100 valence electrons. The number of thioether (sulfide) groups is 1. The molecular formula is C14H22N2OS. The van der Waals surface area contributed by atoms with Crippen LogP contribution in [0.2, 0.25) is 0 Å². The zero-order valence-electron chi connectivity index (χ0n) is 11.1. The maximum absolute atomic E-state index is 11.8. The second-order valence-corrected chi connectivity index (χ2v) is 5.61. The highest BCUT2D eigenvalue weighted by molar-refractivity contribution is 7.99. The molecule has 3 N–H and O–H groups in total. The van der Waals surface area contributed by atoms with Gasteiger partial charge in [0.15, 0.2) is 0 Å². The molecule has 4 heteroatoms. The molecule has 0 fully saturated rings. The van der Waals surface area contributed by atoms with Gasteiger partial charge in [0.25, 0.3) is 0 Å². The van der Waals surface area contributed by atoms with Gasteiger partial charge in [0.05, 0.1) is 6.42 Å². The number of amides is 1. The maximum Gasteiger partial charge on any atom is 0.224 e. The summed E-state index contributed by atoms with van der Waals surface area (Å²) < 4.78 is 0. The fraction of sp³-hybridized carbons (Fsp3) is 0.500. The van der Waals surface area contributed by atoms with Crippen LogP contribution in [0.5, 0.6) is 0 Å². The number of carbonyl (C=O) groups is 1. The van der Waals surface area contributed by atoms with Crippen molar-refractivity contribution < 1.29 is 4.79 Å². The van der Waals surface area contributed by atoms with Crippen molar-refractivity contribution >= 4 is 17.7 Å². The molecule has 1 rings (SSSR count). The Morgan fingerprint density at radius 2 is 2.06 bits per heavy atom. The number of hydrogen-bond acceptors (Lipinski definition) is 3. The lowest BCUT2D eigenvalue weighted by Gasteiger charge is -2.10. The van der Waals surface area contributed by atoms with Crippen molar-refractivity contribution in [3.8, 4) is 0 Å². The van der Waals surface area contributed by atoms with Gasteiger partial charge in [-0.2, -0.15) is 11.8 Å². The molecule has 1 atom stereocenters. The van der Waals surface area contributed by atoms with Crippen LogP contribution in [0.15, 0.2) is 24.3 Å².